The van der Waals surface area contributed by atoms with Crippen molar-refractivity contribution in [2.24, 2.45) is 0 Å². The Morgan fingerprint density at radius 3 is 2.50 bits per heavy atom. The second kappa shape index (κ2) is 7.94. The first-order chi connectivity index (χ1) is 11.3. The summed E-state index contributed by atoms with van der Waals surface area (Å²) in [6.07, 6.45) is 0. The summed E-state index contributed by atoms with van der Waals surface area (Å²) in [7, 11) is -4.11. The Hall–Kier alpha value is -1.67. The van der Waals surface area contributed by atoms with Crippen molar-refractivity contribution in [2.45, 2.75) is 11.4 Å². The maximum absolute atomic E-state index is 13.5. The van der Waals surface area contributed by atoms with Crippen molar-refractivity contribution >= 4 is 39.1 Å². The van der Waals surface area contributed by atoms with Crippen LogP contribution in [0.1, 0.15) is 5.56 Å². The second-order valence-corrected chi connectivity index (χ2v) is 7.35. The van der Waals surface area contributed by atoms with Crippen LogP contribution < -0.4 is 10.0 Å². The fourth-order valence-corrected chi connectivity index (χ4v) is 3.36. The molecule has 0 bridgehead atoms. The minimum Gasteiger partial charge on any atom is -0.351 e. The lowest BCUT2D eigenvalue weighted by Gasteiger charge is -2.09. The molecule has 0 unspecified atom stereocenters. The van der Waals surface area contributed by atoms with Gasteiger partial charge in [-0.25, -0.2) is 17.5 Å². The predicted octanol–water partition coefficient (Wildman–Crippen LogP) is 2.73. The second-order valence-electron chi connectivity index (χ2n) is 4.77. The molecular weight excluding hydrogens is 378 g/mol. The molecule has 0 saturated carbocycles. The van der Waals surface area contributed by atoms with Crippen LogP contribution in [0.25, 0.3) is 0 Å². The fraction of sp³-hybridized carbons (Fsp3) is 0.133. The number of nitrogens with one attached hydrogen (secondary N) is 2. The largest absolute Gasteiger partial charge is 0.351 e. The van der Waals surface area contributed by atoms with Crippen LogP contribution in [-0.2, 0) is 21.4 Å². The summed E-state index contributed by atoms with van der Waals surface area (Å²) < 4.78 is 39.5. The molecule has 24 heavy (non-hydrogen) atoms. The number of amides is 1. The molecule has 0 spiro atoms. The van der Waals surface area contributed by atoms with Crippen molar-refractivity contribution in [1.82, 2.24) is 10.0 Å². The zero-order valence-corrected chi connectivity index (χ0v) is 14.6. The SMILES string of the molecule is O=C(CNS(=O)(=O)c1ccccc1F)NCc1ccc(Cl)cc1Cl. The molecule has 0 radical (unpaired) electrons. The third kappa shape index (κ3) is 4.91. The topological polar surface area (TPSA) is 75.3 Å². The summed E-state index contributed by atoms with van der Waals surface area (Å²) in [6, 6.07) is 9.70. The van der Waals surface area contributed by atoms with Gasteiger partial charge in [0.05, 0.1) is 6.54 Å². The Labute approximate surface area is 148 Å². The molecule has 0 saturated heterocycles. The van der Waals surface area contributed by atoms with Crippen molar-refractivity contribution in [3.8, 4) is 0 Å². The molecule has 2 aromatic rings. The summed E-state index contributed by atoms with van der Waals surface area (Å²) in [4.78, 5) is 11.2. The molecule has 0 aromatic heterocycles. The number of sulfonamides is 1. The van der Waals surface area contributed by atoms with Gasteiger partial charge in [0.1, 0.15) is 10.7 Å². The average Bonchev–Trinajstić information content (AvgIpc) is 2.52. The van der Waals surface area contributed by atoms with Crippen LogP contribution in [0, 0.1) is 5.82 Å². The van der Waals surface area contributed by atoms with E-state index in [1.165, 1.54) is 18.2 Å². The summed E-state index contributed by atoms with van der Waals surface area (Å²) in [5, 5.41) is 3.36. The Morgan fingerprint density at radius 1 is 1.12 bits per heavy atom. The molecule has 0 heterocycles. The van der Waals surface area contributed by atoms with Gasteiger partial charge >= 0.3 is 0 Å². The van der Waals surface area contributed by atoms with Crippen molar-refractivity contribution < 1.29 is 17.6 Å². The Morgan fingerprint density at radius 2 is 1.83 bits per heavy atom. The monoisotopic (exact) mass is 390 g/mol. The number of hydrogen-bond acceptors (Lipinski definition) is 3. The standard InChI is InChI=1S/C15H13Cl2FN2O3S/c16-11-6-5-10(12(17)7-11)8-19-15(21)9-20-24(22,23)14-4-2-1-3-13(14)18/h1-7,20H,8-9H2,(H,19,21). The average molecular weight is 391 g/mol. The summed E-state index contributed by atoms with van der Waals surface area (Å²) in [6.45, 7) is -0.419. The van der Waals surface area contributed by atoms with Gasteiger partial charge in [0.25, 0.3) is 0 Å². The van der Waals surface area contributed by atoms with Crippen molar-refractivity contribution in [3.05, 3.63) is 63.9 Å². The molecule has 0 aliphatic heterocycles. The van der Waals surface area contributed by atoms with Crippen LogP contribution in [0.2, 0.25) is 10.0 Å². The zero-order valence-electron chi connectivity index (χ0n) is 12.2. The molecule has 9 heteroatoms. The first-order valence-corrected chi connectivity index (χ1v) is 8.98. The van der Waals surface area contributed by atoms with E-state index in [0.29, 0.717) is 15.6 Å². The number of halogens is 3. The summed E-state index contributed by atoms with van der Waals surface area (Å²) in [5.41, 5.74) is 0.631. The number of rotatable bonds is 6. The molecule has 2 aromatic carbocycles. The molecular formula is C15H13Cl2FN2O3S. The van der Waals surface area contributed by atoms with Gasteiger partial charge in [-0.2, -0.15) is 0 Å². The van der Waals surface area contributed by atoms with Crippen molar-refractivity contribution in [2.75, 3.05) is 6.54 Å². The van der Waals surface area contributed by atoms with E-state index in [2.05, 4.69) is 5.32 Å². The van der Waals surface area contributed by atoms with E-state index in [1.54, 1.807) is 12.1 Å². The van der Waals surface area contributed by atoms with Gasteiger partial charge in [0, 0.05) is 16.6 Å². The molecule has 1 amide bonds. The summed E-state index contributed by atoms with van der Waals surface area (Å²) in [5.74, 6) is -1.47. The van der Waals surface area contributed by atoms with Crippen LogP contribution in [0.4, 0.5) is 4.39 Å². The number of benzene rings is 2. The van der Waals surface area contributed by atoms with Crippen LogP contribution >= 0.6 is 23.2 Å². The van der Waals surface area contributed by atoms with E-state index < -0.39 is 33.2 Å². The van der Waals surface area contributed by atoms with E-state index in [9.17, 15) is 17.6 Å². The fourth-order valence-electron chi connectivity index (χ4n) is 1.82. The zero-order chi connectivity index (χ0) is 17.7. The van der Waals surface area contributed by atoms with Crippen LogP contribution in [0.3, 0.4) is 0 Å². The molecule has 0 atom stereocenters. The molecule has 5 nitrogen and oxygen atoms in total. The molecule has 0 aliphatic carbocycles. The summed E-state index contributed by atoms with van der Waals surface area (Å²) >= 11 is 11.7. The smallest absolute Gasteiger partial charge is 0.243 e. The minimum absolute atomic E-state index is 0.107. The molecule has 2 rings (SSSR count). The molecule has 2 N–H and O–H groups in total. The maximum atomic E-state index is 13.5. The van der Waals surface area contributed by atoms with Crippen LogP contribution in [0.15, 0.2) is 47.4 Å². The van der Waals surface area contributed by atoms with Crippen molar-refractivity contribution in [3.63, 3.8) is 0 Å². The Balaban J connectivity index is 1.92. The van der Waals surface area contributed by atoms with E-state index in [-0.39, 0.29) is 6.54 Å². The lowest BCUT2D eigenvalue weighted by atomic mass is 10.2. The van der Waals surface area contributed by atoms with Gasteiger partial charge in [0.2, 0.25) is 15.9 Å². The first kappa shape index (κ1) is 18.7. The predicted molar refractivity (Wildman–Crippen MR) is 89.9 cm³/mol. The van der Waals surface area contributed by atoms with E-state index in [1.807, 2.05) is 4.72 Å². The number of hydrogen-bond donors (Lipinski definition) is 2. The highest BCUT2D eigenvalue weighted by atomic mass is 35.5. The highest BCUT2D eigenvalue weighted by Gasteiger charge is 2.19. The van der Waals surface area contributed by atoms with Crippen LogP contribution in [-0.4, -0.2) is 20.9 Å². The van der Waals surface area contributed by atoms with E-state index >= 15 is 0 Å². The highest BCUT2D eigenvalue weighted by Crippen LogP contribution is 2.20. The third-order valence-corrected chi connectivity index (χ3v) is 5.06. The number of carbonyl (C=O) groups is 1. The molecule has 0 fully saturated rings. The van der Waals surface area contributed by atoms with Gasteiger partial charge in [-0.05, 0) is 29.8 Å². The van der Waals surface area contributed by atoms with Gasteiger partial charge < -0.3 is 5.32 Å². The third-order valence-electron chi connectivity index (χ3n) is 3.04. The Kier molecular flexibility index (Phi) is 6.17. The number of carbonyl (C=O) groups excluding carboxylic acids is 1. The van der Waals surface area contributed by atoms with Gasteiger partial charge in [0.15, 0.2) is 0 Å². The lowest BCUT2D eigenvalue weighted by Crippen LogP contribution is -2.36. The van der Waals surface area contributed by atoms with Gasteiger partial charge in [-0.15, -0.1) is 0 Å². The normalized spacial score (nSPS) is 11.3. The Bertz CT molecular complexity index is 860. The van der Waals surface area contributed by atoms with E-state index in [4.69, 9.17) is 23.2 Å². The molecule has 0 aliphatic rings. The van der Waals surface area contributed by atoms with Gasteiger partial charge in [-0.1, -0.05) is 41.4 Å². The van der Waals surface area contributed by atoms with Crippen molar-refractivity contribution in [1.29, 1.82) is 0 Å². The molecule has 128 valence electrons. The lowest BCUT2D eigenvalue weighted by molar-refractivity contribution is -0.120. The highest BCUT2D eigenvalue weighted by molar-refractivity contribution is 7.89. The van der Waals surface area contributed by atoms with E-state index in [0.717, 1.165) is 12.1 Å². The minimum atomic E-state index is -4.11. The van der Waals surface area contributed by atoms with Gasteiger partial charge in [-0.3, -0.25) is 4.79 Å². The maximum Gasteiger partial charge on any atom is 0.243 e. The quantitative estimate of drug-likeness (QED) is 0.795. The first-order valence-electron chi connectivity index (χ1n) is 6.74. The van der Waals surface area contributed by atoms with Crippen LogP contribution in [0.5, 0.6) is 0 Å².